The second kappa shape index (κ2) is 5.88. The molecule has 0 bridgehead atoms. The molecule has 0 radical (unpaired) electrons. The maximum absolute atomic E-state index is 12.1. The van der Waals surface area contributed by atoms with Gasteiger partial charge in [-0.15, -0.1) is 0 Å². The molecule has 0 saturated carbocycles. The number of amides is 1. The summed E-state index contributed by atoms with van der Waals surface area (Å²) < 4.78 is 5.21. The summed E-state index contributed by atoms with van der Waals surface area (Å²) in [5.74, 6) is -2.96. The first kappa shape index (κ1) is 15.6. The van der Waals surface area contributed by atoms with Crippen LogP contribution in [0, 0.1) is 0 Å². The topological polar surface area (TPSA) is 104 Å². The normalized spacial score (nSPS) is 17.8. The van der Waals surface area contributed by atoms with E-state index in [-0.39, 0.29) is 5.57 Å². The summed E-state index contributed by atoms with van der Waals surface area (Å²) in [5.41, 5.74) is 0.310. The van der Waals surface area contributed by atoms with Crippen molar-refractivity contribution in [2.75, 3.05) is 13.7 Å². The van der Waals surface area contributed by atoms with Crippen LogP contribution < -0.4 is 4.74 Å². The van der Waals surface area contributed by atoms with Gasteiger partial charge in [0.15, 0.2) is 11.5 Å². The molecule has 1 amide bonds. The Bertz CT molecular complexity index is 678. The van der Waals surface area contributed by atoms with Gasteiger partial charge in [-0.1, -0.05) is 18.2 Å². The van der Waals surface area contributed by atoms with E-state index >= 15 is 0 Å². The third kappa shape index (κ3) is 2.52. The van der Waals surface area contributed by atoms with Crippen LogP contribution in [0.15, 0.2) is 35.6 Å². The van der Waals surface area contributed by atoms with Gasteiger partial charge in [-0.25, -0.2) is 0 Å². The summed E-state index contributed by atoms with van der Waals surface area (Å²) in [5, 5.41) is 18.9. The highest BCUT2D eigenvalue weighted by atomic mass is 16.5. The van der Waals surface area contributed by atoms with E-state index in [1.54, 1.807) is 24.3 Å². The van der Waals surface area contributed by atoms with Crippen LogP contribution in [-0.2, 0) is 14.4 Å². The fraction of sp³-hybridized carbons (Fsp3) is 0.267. The number of aliphatic hydroxyl groups excluding tert-OH is 1. The molecule has 1 aliphatic rings. The number of nitrogens with zero attached hydrogens (tertiary/aromatic N) is 1. The van der Waals surface area contributed by atoms with Crippen molar-refractivity contribution >= 4 is 17.7 Å². The largest absolute Gasteiger partial charge is 0.503 e. The first-order valence-corrected chi connectivity index (χ1v) is 6.48. The molecular weight excluding hydrogens is 290 g/mol. The minimum absolute atomic E-state index is 0.129. The first-order valence-electron chi connectivity index (χ1n) is 6.48. The molecule has 1 aromatic carbocycles. The highest BCUT2D eigenvalue weighted by Crippen LogP contribution is 2.40. The molecule has 0 saturated heterocycles. The Hall–Kier alpha value is -2.83. The maximum Gasteiger partial charge on any atom is 0.323 e. The van der Waals surface area contributed by atoms with Crippen LogP contribution in [0.1, 0.15) is 18.5 Å². The summed E-state index contributed by atoms with van der Waals surface area (Å²) >= 11 is 0. The van der Waals surface area contributed by atoms with Crippen molar-refractivity contribution in [1.82, 2.24) is 4.90 Å². The molecule has 1 atom stereocenters. The predicted octanol–water partition coefficient (Wildman–Crippen LogP) is 1.06. The summed E-state index contributed by atoms with van der Waals surface area (Å²) in [6, 6.07) is 5.64. The van der Waals surface area contributed by atoms with Crippen LogP contribution in [0.5, 0.6) is 5.75 Å². The van der Waals surface area contributed by atoms with Crippen LogP contribution >= 0.6 is 0 Å². The monoisotopic (exact) mass is 305 g/mol. The third-order valence-electron chi connectivity index (χ3n) is 3.42. The Kier molecular flexibility index (Phi) is 4.16. The van der Waals surface area contributed by atoms with E-state index < -0.39 is 36.0 Å². The molecule has 0 aliphatic carbocycles. The van der Waals surface area contributed by atoms with Gasteiger partial charge in [0.05, 0.1) is 18.7 Å². The number of carbonyl (C=O) groups excluding carboxylic acids is 2. The first-order chi connectivity index (χ1) is 10.4. The fourth-order valence-electron chi connectivity index (χ4n) is 2.54. The van der Waals surface area contributed by atoms with Crippen LogP contribution in [0.25, 0.3) is 0 Å². The summed E-state index contributed by atoms with van der Waals surface area (Å²) in [6.45, 7) is 0.577. The number of benzene rings is 1. The lowest BCUT2D eigenvalue weighted by Gasteiger charge is -2.26. The Labute approximate surface area is 126 Å². The molecule has 1 aliphatic heterocycles. The van der Waals surface area contributed by atoms with Crippen molar-refractivity contribution in [2.24, 2.45) is 0 Å². The number of ether oxygens (including phenoxy) is 1. The van der Waals surface area contributed by atoms with Crippen LogP contribution in [0.4, 0.5) is 0 Å². The van der Waals surface area contributed by atoms with Crippen molar-refractivity contribution < 1.29 is 29.3 Å². The van der Waals surface area contributed by atoms with Gasteiger partial charge >= 0.3 is 5.97 Å². The smallest absolute Gasteiger partial charge is 0.323 e. The van der Waals surface area contributed by atoms with Crippen molar-refractivity contribution in [3.8, 4) is 5.75 Å². The van der Waals surface area contributed by atoms with Crippen LogP contribution in [0.3, 0.4) is 0 Å². The number of carboxylic acid groups (broad SMARTS) is 1. The molecule has 2 N–H and O–H groups in total. The fourth-order valence-corrected chi connectivity index (χ4v) is 2.54. The van der Waals surface area contributed by atoms with Gasteiger partial charge in [0.25, 0.3) is 5.91 Å². The van der Waals surface area contributed by atoms with Gasteiger partial charge in [-0.3, -0.25) is 14.4 Å². The van der Waals surface area contributed by atoms with E-state index in [4.69, 9.17) is 9.84 Å². The highest BCUT2D eigenvalue weighted by molar-refractivity contribution is 6.08. The molecule has 0 aromatic heterocycles. The zero-order chi connectivity index (χ0) is 16.4. The van der Waals surface area contributed by atoms with Crippen LogP contribution in [0.2, 0.25) is 0 Å². The number of para-hydroxylation sites is 1. The molecule has 22 heavy (non-hydrogen) atoms. The lowest BCUT2D eigenvalue weighted by atomic mass is 9.96. The van der Waals surface area contributed by atoms with Crippen molar-refractivity contribution in [3.63, 3.8) is 0 Å². The Morgan fingerprint density at radius 3 is 2.50 bits per heavy atom. The second-order valence-corrected chi connectivity index (χ2v) is 4.79. The Morgan fingerprint density at radius 1 is 1.32 bits per heavy atom. The van der Waals surface area contributed by atoms with Crippen molar-refractivity contribution in [1.29, 1.82) is 0 Å². The van der Waals surface area contributed by atoms with Gasteiger partial charge in [0.2, 0.25) is 0 Å². The number of carbonyl (C=O) groups is 3. The predicted molar refractivity (Wildman–Crippen MR) is 75.4 cm³/mol. The van der Waals surface area contributed by atoms with Crippen molar-refractivity contribution in [3.05, 3.63) is 41.2 Å². The molecule has 1 unspecified atom stereocenters. The molecule has 0 fully saturated rings. The zero-order valence-electron chi connectivity index (χ0n) is 12.1. The minimum Gasteiger partial charge on any atom is -0.503 e. The third-order valence-corrected chi connectivity index (χ3v) is 3.42. The SMILES string of the molecule is COc1ccccc1C1C(C(C)=O)=C(O)C(=O)N1CC(=O)O. The minimum atomic E-state index is -1.24. The molecule has 1 aromatic rings. The van der Waals surface area contributed by atoms with E-state index in [1.807, 2.05) is 0 Å². The Morgan fingerprint density at radius 2 is 1.95 bits per heavy atom. The van der Waals surface area contributed by atoms with E-state index in [1.165, 1.54) is 14.0 Å². The number of aliphatic carboxylic acids is 1. The van der Waals surface area contributed by atoms with E-state index in [0.717, 1.165) is 4.90 Å². The number of ketones is 1. The van der Waals surface area contributed by atoms with Crippen LogP contribution in [-0.4, -0.2) is 46.4 Å². The molecule has 1 heterocycles. The van der Waals surface area contributed by atoms with Gasteiger partial charge in [-0.05, 0) is 13.0 Å². The summed E-state index contributed by atoms with van der Waals surface area (Å²) in [7, 11) is 1.42. The quantitative estimate of drug-likeness (QED) is 0.843. The lowest BCUT2D eigenvalue weighted by molar-refractivity contribution is -0.144. The number of hydrogen-bond donors (Lipinski definition) is 2. The highest BCUT2D eigenvalue weighted by Gasteiger charge is 2.44. The molecule has 0 spiro atoms. The number of rotatable bonds is 5. The Balaban J connectivity index is 2.62. The number of carboxylic acids is 1. The average molecular weight is 305 g/mol. The summed E-state index contributed by atoms with van der Waals surface area (Å²) in [6.07, 6.45) is 0. The molecule has 7 heteroatoms. The van der Waals surface area contributed by atoms with Crippen molar-refractivity contribution in [2.45, 2.75) is 13.0 Å². The number of Topliss-reactive ketones (excluding diaryl/α,β-unsaturated/α-hetero) is 1. The lowest BCUT2D eigenvalue weighted by Crippen LogP contribution is -2.35. The molecule has 2 rings (SSSR count). The zero-order valence-corrected chi connectivity index (χ0v) is 12.1. The maximum atomic E-state index is 12.1. The van der Waals surface area contributed by atoms with E-state index in [9.17, 15) is 19.5 Å². The van der Waals surface area contributed by atoms with Gasteiger partial charge in [0, 0.05) is 5.56 Å². The molecule has 7 nitrogen and oxygen atoms in total. The van der Waals surface area contributed by atoms with Gasteiger partial charge < -0.3 is 19.8 Å². The summed E-state index contributed by atoms with van der Waals surface area (Å²) in [4.78, 5) is 35.9. The van der Waals surface area contributed by atoms with Gasteiger partial charge in [-0.2, -0.15) is 0 Å². The van der Waals surface area contributed by atoms with E-state index in [2.05, 4.69) is 0 Å². The second-order valence-electron chi connectivity index (χ2n) is 4.79. The number of hydrogen-bond acceptors (Lipinski definition) is 5. The van der Waals surface area contributed by atoms with E-state index in [0.29, 0.717) is 11.3 Å². The van der Waals surface area contributed by atoms with Gasteiger partial charge in [0.1, 0.15) is 12.3 Å². The average Bonchev–Trinajstić information content (AvgIpc) is 2.71. The standard InChI is InChI=1S/C15H15NO6/c1-8(17)12-13(9-5-3-4-6-10(9)22-2)16(7-11(18)19)15(21)14(12)20/h3-6,13,20H,7H2,1-2H3,(H,18,19). The molecular formula is C15H15NO6. The number of methoxy groups -OCH3 is 1. The number of aliphatic hydroxyl groups is 1. The molecule has 116 valence electrons.